The maximum Gasteiger partial charge on any atom is 0.261 e. The van der Waals surface area contributed by atoms with Crippen LogP contribution in [-0.2, 0) is 24.1 Å². The summed E-state index contributed by atoms with van der Waals surface area (Å²) >= 11 is 0. The second-order valence-corrected chi connectivity index (χ2v) is 10.1. The van der Waals surface area contributed by atoms with E-state index in [0.29, 0.717) is 30.8 Å². The summed E-state index contributed by atoms with van der Waals surface area (Å²) in [7, 11) is 1.64. The molecule has 1 amide bonds. The third-order valence-electron chi connectivity index (χ3n) is 7.30. The fourth-order valence-electron chi connectivity index (χ4n) is 5.28. The second-order valence-electron chi connectivity index (χ2n) is 10.1. The van der Waals surface area contributed by atoms with Crippen LogP contribution in [0.15, 0.2) is 125 Å². The van der Waals surface area contributed by atoms with Crippen molar-refractivity contribution in [2.24, 2.45) is 9.98 Å². The summed E-state index contributed by atoms with van der Waals surface area (Å²) < 4.78 is 5.35. The van der Waals surface area contributed by atoms with Crippen LogP contribution in [0, 0.1) is 0 Å². The van der Waals surface area contributed by atoms with Gasteiger partial charge in [-0.1, -0.05) is 72.8 Å². The molecular weight excluding hydrogens is 498 g/mol. The highest BCUT2D eigenvalue weighted by Gasteiger charge is 2.49. The van der Waals surface area contributed by atoms with Crippen LogP contribution in [-0.4, -0.2) is 40.1 Å². The van der Waals surface area contributed by atoms with Crippen molar-refractivity contribution in [3.63, 3.8) is 0 Å². The van der Waals surface area contributed by atoms with Gasteiger partial charge in [-0.2, -0.15) is 0 Å². The number of carbonyl (C=O) groups is 1. The topological polar surface area (TPSA) is 74.5 Å². The number of fused-ring (bicyclic) bond motifs is 1. The van der Waals surface area contributed by atoms with E-state index in [-0.39, 0.29) is 11.7 Å². The third-order valence-corrected chi connectivity index (χ3v) is 7.30. The van der Waals surface area contributed by atoms with Gasteiger partial charge in [-0.05, 0) is 53.1 Å². The Kier molecular flexibility index (Phi) is 6.74. The number of hydrogen-bond donors (Lipinski definition) is 1. The molecule has 0 saturated heterocycles. The van der Waals surface area contributed by atoms with Crippen molar-refractivity contribution in [3.05, 3.63) is 138 Å². The molecule has 2 aliphatic rings. The summed E-state index contributed by atoms with van der Waals surface area (Å²) in [5.41, 5.74) is 4.28. The van der Waals surface area contributed by atoms with Gasteiger partial charge in [0.15, 0.2) is 11.4 Å². The Balaban J connectivity index is 1.46. The second kappa shape index (κ2) is 10.7. The molecule has 0 saturated carbocycles. The Hall–Kier alpha value is -4.97. The molecule has 1 unspecified atom stereocenters. The van der Waals surface area contributed by atoms with E-state index in [2.05, 4.69) is 12.1 Å². The molecule has 6 nitrogen and oxygen atoms in total. The fourth-order valence-corrected chi connectivity index (χ4v) is 5.28. The molecule has 198 valence electrons. The number of methoxy groups -OCH3 is 1. The summed E-state index contributed by atoms with van der Waals surface area (Å²) in [5.74, 6) is 1.44. The summed E-state index contributed by atoms with van der Waals surface area (Å²) in [6.07, 6.45) is 3.21. The number of aliphatic imine (C=N–C) groups is 2. The Bertz CT molecular complexity index is 1610. The molecule has 0 bridgehead atoms. The van der Waals surface area contributed by atoms with Gasteiger partial charge in [-0.15, -0.1) is 0 Å². The number of aromatic hydroxyl groups is 1. The van der Waals surface area contributed by atoms with Crippen LogP contribution in [0.1, 0.15) is 22.3 Å². The van der Waals surface area contributed by atoms with Gasteiger partial charge in [-0.25, -0.2) is 9.98 Å². The van der Waals surface area contributed by atoms with Gasteiger partial charge in [0.1, 0.15) is 11.5 Å². The number of amidine groups is 1. The average Bonchev–Trinajstić information content (AvgIpc) is 3.26. The zero-order valence-corrected chi connectivity index (χ0v) is 22.2. The van der Waals surface area contributed by atoms with Crippen LogP contribution < -0.4 is 4.74 Å². The van der Waals surface area contributed by atoms with Crippen LogP contribution in [0.3, 0.4) is 0 Å². The molecule has 2 aliphatic heterocycles. The molecule has 0 radical (unpaired) electrons. The summed E-state index contributed by atoms with van der Waals surface area (Å²) in [6.45, 7) is 0. The van der Waals surface area contributed by atoms with Crippen molar-refractivity contribution >= 4 is 23.2 Å². The normalized spacial score (nSPS) is 18.1. The van der Waals surface area contributed by atoms with Crippen molar-refractivity contribution in [3.8, 4) is 11.5 Å². The van der Waals surface area contributed by atoms with Crippen LogP contribution >= 0.6 is 0 Å². The van der Waals surface area contributed by atoms with Gasteiger partial charge in [0.25, 0.3) is 5.91 Å². The molecule has 6 rings (SSSR count). The minimum atomic E-state index is -1.04. The highest BCUT2D eigenvalue weighted by Crippen LogP contribution is 2.36. The quantitative estimate of drug-likeness (QED) is 0.312. The first-order valence-corrected chi connectivity index (χ1v) is 13.3. The molecule has 2 heterocycles. The number of nitrogens with zero attached hydrogens (tertiary/aromatic N) is 3. The maximum absolute atomic E-state index is 14.5. The van der Waals surface area contributed by atoms with E-state index in [1.165, 1.54) is 0 Å². The van der Waals surface area contributed by atoms with Crippen molar-refractivity contribution in [1.29, 1.82) is 0 Å². The number of benzene rings is 4. The highest BCUT2D eigenvalue weighted by atomic mass is 16.5. The van der Waals surface area contributed by atoms with Gasteiger partial charge in [-0.3, -0.25) is 9.69 Å². The maximum atomic E-state index is 14.5. The zero-order valence-electron chi connectivity index (χ0n) is 22.2. The number of phenols is 1. The van der Waals surface area contributed by atoms with Crippen molar-refractivity contribution in [1.82, 2.24) is 4.90 Å². The van der Waals surface area contributed by atoms with E-state index in [1.54, 1.807) is 30.3 Å². The predicted octanol–water partition coefficient (Wildman–Crippen LogP) is 5.86. The van der Waals surface area contributed by atoms with Crippen molar-refractivity contribution in [2.45, 2.75) is 24.8 Å². The Morgan fingerprint density at radius 1 is 0.775 bits per heavy atom. The monoisotopic (exact) mass is 527 g/mol. The number of phenolic OH excluding ortho intramolecular Hbond substituents is 1. The van der Waals surface area contributed by atoms with Crippen LogP contribution in [0.4, 0.5) is 0 Å². The number of rotatable bonds is 8. The zero-order chi connectivity index (χ0) is 27.5. The molecule has 40 heavy (non-hydrogen) atoms. The first-order chi connectivity index (χ1) is 19.5. The predicted molar refractivity (Wildman–Crippen MR) is 158 cm³/mol. The molecule has 0 aromatic heterocycles. The Morgan fingerprint density at radius 2 is 1.38 bits per heavy atom. The molecule has 4 aromatic rings. The van der Waals surface area contributed by atoms with Crippen molar-refractivity contribution in [2.75, 3.05) is 7.11 Å². The van der Waals surface area contributed by atoms with E-state index in [9.17, 15) is 9.90 Å². The standard InChI is InChI=1S/C34H29N3O3/c1-40-29-18-12-26(13-19-29)22-34(21-25-10-6-3-7-11-25)33(39)37-23-31(27-14-16-28(38)17-15-27)35-30(32(37)36-34)20-24-8-4-2-5-9-24/h2-19,23,38H,20-22H2,1H3. The number of hydrogen-bond acceptors (Lipinski definition) is 5. The summed E-state index contributed by atoms with van der Waals surface area (Å²) in [4.78, 5) is 26.4. The number of ether oxygens (including phenoxy) is 1. The van der Waals surface area contributed by atoms with E-state index in [4.69, 9.17) is 14.7 Å². The minimum absolute atomic E-state index is 0.0843. The molecule has 4 aromatic carbocycles. The van der Waals surface area contributed by atoms with Crippen LogP contribution in [0.2, 0.25) is 0 Å². The van der Waals surface area contributed by atoms with Crippen LogP contribution in [0.25, 0.3) is 5.70 Å². The number of amides is 1. The van der Waals surface area contributed by atoms with Gasteiger partial charge >= 0.3 is 0 Å². The lowest BCUT2D eigenvalue weighted by molar-refractivity contribution is -0.129. The van der Waals surface area contributed by atoms with Crippen LogP contribution in [0.5, 0.6) is 11.5 Å². The Morgan fingerprint density at radius 3 is 2.00 bits per heavy atom. The lowest BCUT2D eigenvalue weighted by atomic mass is 9.84. The minimum Gasteiger partial charge on any atom is -0.508 e. The van der Waals surface area contributed by atoms with E-state index in [0.717, 1.165) is 33.7 Å². The molecule has 0 spiro atoms. The molecule has 1 atom stereocenters. The third kappa shape index (κ3) is 5.04. The smallest absolute Gasteiger partial charge is 0.261 e. The van der Waals surface area contributed by atoms with E-state index < -0.39 is 5.54 Å². The molecule has 1 N–H and O–H groups in total. The van der Waals surface area contributed by atoms with Gasteiger partial charge < -0.3 is 9.84 Å². The molecule has 6 heteroatoms. The summed E-state index contributed by atoms with van der Waals surface area (Å²) in [5, 5.41) is 9.83. The SMILES string of the molecule is COc1ccc(CC2(Cc3ccccc3)N=C3C(Cc4ccccc4)=NC(c4ccc(O)cc4)=CN3C2=O)cc1. The van der Waals surface area contributed by atoms with Gasteiger partial charge in [0, 0.05) is 31.0 Å². The van der Waals surface area contributed by atoms with Gasteiger partial charge in [0.2, 0.25) is 0 Å². The fraction of sp³-hybridized carbons (Fsp3) is 0.147. The molecular formula is C34H29N3O3. The highest BCUT2D eigenvalue weighted by molar-refractivity contribution is 6.47. The molecule has 0 fully saturated rings. The first-order valence-electron chi connectivity index (χ1n) is 13.3. The summed E-state index contributed by atoms with van der Waals surface area (Å²) in [6, 6.07) is 34.8. The average molecular weight is 528 g/mol. The van der Waals surface area contributed by atoms with E-state index >= 15 is 0 Å². The largest absolute Gasteiger partial charge is 0.508 e. The van der Waals surface area contributed by atoms with Crippen molar-refractivity contribution < 1.29 is 14.6 Å². The van der Waals surface area contributed by atoms with Gasteiger partial charge in [0.05, 0.1) is 18.5 Å². The molecule has 0 aliphatic carbocycles. The number of carbonyl (C=O) groups excluding carboxylic acids is 1. The lowest BCUT2D eigenvalue weighted by Crippen LogP contribution is -2.45. The Labute approximate surface area is 233 Å². The first kappa shape index (κ1) is 25.3. The van der Waals surface area contributed by atoms with E-state index in [1.807, 2.05) is 84.9 Å². The lowest BCUT2D eigenvalue weighted by Gasteiger charge is -2.27.